The molecule has 1 unspecified atom stereocenters. The summed E-state index contributed by atoms with van der Waals surface area (Å²) < 4.78 is 5.39. The van der Waals surface area contributed by atoms with Crippen LogP contribution in [0, 0.1) is 0 Å². The highest BCUT2D eigenvalue weighted by Crippen LogP contribution is 2.37. The first-order valence-electron chi connectivity index (χ1n) is 9.30. The van der Waals surface area contributed by atoms with Crippen molar-refractivity contribution in [3.05, 3.63) is 53.9 Å². The van der Waals surface area contributed by atoms with E-state index < -0.39 is 0 Å². The van der Waals surface area contributed by atoms with Crippen molar-refractivity contribution in [2.24, 2.45) is 0 Å². The fourth-order valence-electron chi connectivity index (χ4n) is 3.36. The molecule has 8 nitrogen and oxygen atoms in total. The molecule has 1 aliphatic heterocycles. The van der Waals surface area contributed by atoms with Crippen molar-refractivity contribution in [3.8, 4) is 17.0 Å². The van der Waals surface area contributed by atoms with E-state index in [1.54, 1.807) is 25.6 Å². The van der Waals surface area contributed by atoms with Gasteiger partial charge >= 0.3 is 0 Å². The molecule has 3 heterocycles. The number of aliphatic hydroxyl groups is 2. The van der Waals surface area contributed by atoms with E-state index in [4.69, 9.17) is 4.74 Å². The quantitative estimate of drug-likeness (QED) is 0.505. The highest BCUT2D eigenvalue weighted by molar-refractivity contribution is 5.68. The zero-order chi connectivity index (χ0) is 20.4. The van der Waals surface area contributed by atoms with Crippen LogP contribution in [0.5, 0.6) is 5.75 Å². The molecule has 4 rings (SSSR count). The summed E-state index contributed by atoms with van der Waals surface area (Å²) in [6.45, 7) is 2.63. The third-order valence-electron chi connectivity index (χ3n) is 5.18. The Bertz CT molecular complexity index is 1040. The van der Waals surface area contributed by atoms with Crippen molar-refractivity contribution in [3.63, 3.8) is 0 Å². The summed E-state index contributed by atoms with van der Waals surface area (Å²) in [6.07, 6.45) is 3.44. The summed E-state index contributed by atoms with van der Waals surface area (Å²) in [5.74, 6) is 1.81. The Kier molecular flexibility index (Phi) is 5.04. The summed E-state index contributed by atoms with van der Waals surface area (Å²) in [5.41, 5.74) is 3.63. The third kappa shape index (κ3) is 3.59. The van der Waals surface area contributed by atoms with Gasteiger partial charge in [0.2, 0.25) is 5.95 Å². The molecule has 0 fully saturated rings. The Balaban J connectivity index is 1.65. The maximum atomic E-state index is 9.80. The topological polar surface area (TPSA) is 112 Å². The monoisotopic (exact) mass is 393 g/mol. The number of methoxy groups -OCH3 is 1. The van der Waals surface area contributed by atoms with Crippen molar-refractivity contribution in [2.45, 2.75) is 18.9 Å². The van der Waals surface area contributed by atoms with Crippen LogP contribution < -0.4 is 15.4 Å². The van der Waals surface area contributed by atoms with E-state index in [1.807, 2.05) is 31.2 Å². The number of benzene rings is 1. The van der Waals surface area contributed by atoms with E-state index in [1.165, 1.54) is 0 Å². The van der Waals surface area contributed by atoms with Crippen molar-refractivity contribution in [2.75, 3.05) is 30.9 Å². The van der Waals surface area contributed by atoms with Gasteiger partial charge in [0, 0.05) is 35.5 Å². The van der Waals surface area contributed by atoms with Crippen LogP contribution in [-0.2, 0) is 12.0 Å². The molecule has 3 aromatic rings. The summed E-state index contributed by atoms with van der Waals surface area (Å²) in [5, 5.41) is 25.5. The van der Waals surface area contributed by atoms with Gasteiger partial charge in [0.25, 0.3) is 0 Å². The molecule has 0 radical (unpaired) electrons. The lowest BCUT2D eigenvalue weighted by Crippen LogP contribution is -2.28. The normalized spacial score (nSPS) is 17.5. The average molecular weight is 393 g/mol. The molecule has 8 heteroatoms. The number of ether oxygens (including phenoxy) is 1. The van der Waals surface area contributed by atoms with Gasteiger partial charge in [-0.05, 0) is 29.8 Å². The van der Waals surface area contributed by atoms with Gasteiger partial charge in [-0.1, -0.05) is 13.0 Å². The van der Waals surface area contributed by atoms with Crippen LogP contribution in [0.4, 0.5) is 17.5 Å². The molecule has 0 spiro atoms. The zero-order valence-corrected chi connectivity index (χ0v) is 16.3. The number of pyridine rings is 1. The highest BCUT2D eigenvalue weighted by atomic mass is 16.5. The second-order valence-electron chi connectivity index (χ2n) is 7.28. The number of fused-ring (bicyclic) bond motifs is 1. The largest absolute Gasteiger partial charge is 0.495 e. The van der Waals surface area contributed by atoms with Crippen LogP contribution in [0.15, 0.2) is 42.7 Å². The first-order valence-corrected chi connectivity index (χ1v) is 9.30. The van der Waals surface area contributed by atoms with E-state index in [2.05, 4.69) is 25.6 Å². The van der Waals surface area contributed by atoms with Gasteiger partial charge in [0.05, 0.1) is 31.7 Å². The number of hydrogen-bond donors (Lipinski definition) is 4. The zero-order valence-electron chi connectivity index (χ0n) is 16.3. The number of nitrogens with zero attached hydrogens (tertiary/aromatic N) is 3. The molecule has 0 bridgehead atoms. The number of aliphatic hydroxyl groups excluding tert-OH is 2. The lowest BCUT2D eigenvalue weighted by molar-refractivity contribution is 0.218. The van der Waals surface area contributed by atoms with Gasteiger partial charge in [-0.2, -0.15) is 0 Å². The smallest absolute Gasteiger partial charge is 0.227 e. The van der Waals surface area contributed by atoms with Gasteiger partial charge in [0.15, 0.2) is 0 Å². The highest BCUT2D eigenvalue weighted by Gasteiger charge is 2.35. The first kappa shape index (κ1) is 19.1. The van der Waals surface area contributed by atoms with Gasteiger partial charge in [-0.25, -0.2) is 15.0 Å². The second-order valence-corrected chi connectivity index (χ2v) is 7.28. The van der Waals surface area contributed by atoms with Gasteiger partial charge < -0.3 is 25.6 Å². The molecular weight excluding hydrogens is 370 g/mol. The molecule has 1 aliphatic rings. The SMILES string of the molecule is COc1cc(CO)ccc1Nc1nccc(-c2cnc3c(c2)C(C)(CO)CN3)n1. The van der Waals surface area contributed by atoms with Crippen molar-refractivity contribution < 1.29 is 14.9 Å². The molecule has 0 saturated carbocycles. The number of hydrogen-bond acceptors (Lipinski definition) is 8. The molecule has 0 amide bonds. The van der Waals surface area contributed by atoms with Crippen LogP contribution in [-0.4, -0.2) is 45.4 Å². The minimum atomic E-state index is -0.367. The van der Waals surface area contributed by atoms with Crippen LogP contribution in [0.25, 0.3) is 11.3 Å². The van der Waals surface area contributed by atoms with Crippen molar-refractivity contribution in [1.82, 2.24) is 15.0 Å². The molecule has 0 aliphatic carbocycles. The average Bonchev–Trinajstić information content (AvgIpc) is 3.11. The molecule has 4 N–H and O–H groups in total. The summed E-state index contributed by atoms with van der Waals surface area (Å²) in [6, 6.07) is 9.22. The fraction of sp³-hybridized carbons (Fsp3) is 0.286. The summed E-state index contributed by atoms with van der Waals surface area (Å²) in [4.78, 5) is 13.4. The van der Waals surface area contributed by atoms with E-state index >= 15 is 0 Å². The van der Waals surface area contributed by atoms with Crippen LogP contribution in [0.3, 0.4) is 0 Å². The van der Waals surface area contributed by atoms with E-state index in [0.717, 1.165) is 28.2 Å². The molecular formula is C21H23N5O3. The van der Waals surface area contributed by atoms with Crippen LogP contribution >= 0.6 is 0 Å². The molecule has 1 atom stereocenters. The minimum Gasteiger partial charge on any atom is -0.495 e. The maximum absolute atomic E-state index is 9.80. The lowest BCUT2D eigenvalue weighted by Gasteiger charge is -2.20. The molecule has 29 heavy (non-hydrogen) atoms. The van der Waals surface area contributed by atoms with Gasteiger partial charge in [0.1, 0.15) is 11.6 Å². The Morgan fingerprint density at radius 1 is 1.21 bits per heavy atom. The molecule has 0 saturated heterocycles. The Morgan fingerprint density at radius 2 is 2.07 bits per heavy atom. The van der Waals surface area contributed by atoms with Crippen LogP contribution in [0.2, 0.25) is 0 Å². The maximum Gasteiger partial charge on any atom is 0.227 e. The van der Waals surface area contributed by atoms with E-state index in [9.17, 15) is 10.2 Å². The Hall–Kier alpha value is -3.23. The number of rotatable bonds is 6. The number of anilines is 3. The number of nitrogens with one attached hydrogen (secondary N) is 2. The predicted octanol–water partition coefficient (Wildman–Crippen LogP) is 2.46. The van der Waals surface area contributed by atoms with Gasteiger partial charge in [-0.15, -0.1) is 0 Å². The van der Waals surface area contributed by atoms with Crippen molar-refractivity contribution in [1.29, 1.82) is 0 Å². The van der Waals surface area contributed by atoms with Crippen LogP contribution in [0.1, 0.15) is 18.1 Å². The lowest BCUT2D eigenvalue weighted by atomic mass is 9.85. The molecule has 2 aromatic heterocycles. The number of aromatic nitrogens is 3. The molecule has 1 aromatic carbocycles. The first-order chi connectivity index (χ1) is 14.1. The predicted molar refractivity (Wildman–Crippen MR) is 110 cm³/mol. The summed E-state index contributed by atoms with van der Waals surface area (Å²) >= 11 is 0. The van der Waals surface area contributed by atoms with Gasteiger partial charge in [-0.3, -0.25) is 0 Å². The van der Waals surface area contributed by atoms with E-state index in [-0.39, 0.29) is 18.6 Å². The molecule has 150 valence electrons. The second kappa shape index (κ2) is 7.65. The van der Waals surface area contributed by atoms with E-state index in [0.29, 0.717) is 23.9 Å². The summed E-state index contributed by atoms with van der Waals surface area (Å²) in [7, 11) is 1.57. The van der Waals surface area contributed by atoms with Crippen molar-refractivity contribution >= 4 is 17.5 Å². The fourth-order valence-corrected chi connectivity index (χ4v) is 3.36. The third-order valence-corrected chi connectivity index (χ3v) is 5.18. The Morgan fingerprint density at radius 3 is 2.83 bits per heavy atom. The standard InChI is InChI=1S/C21H23N5O3/c1-21(12-28)11-24-19-15(21)8-14(9-23-19)16-5-6-22-20(25-16)26-17-4-3-13(10-27)7-18(17)29-2/h3-9,27-28H,10-12H2,1-2H3,(H,23,24)(H,22,25,26). The minimum absolute atomic E-state index is 0.0400. The Labute approximate surface area is 168 Å².